The van der Waals surface area contributed by atoms with Crippen molar-refractivity contribution in [2.24, 2.45) is 0 Å². The Balaban J connectivity index is 1.87. The molecular weight excluding hydrogens is 452 g/mol. The lowest BCUT2D eigenvalue weighted by atomic mass is 10.1. The van der Waals surface area contributed by atoms with Gasteiger partial charge in [0.05, 0.1) is 16.1 Å². The van der Waals surface area contributed by atoms with Gasteiger partial charge in [0.2, 0.25) is 0 Å². The number of nitrogens with zero attached hydrogens (tertiary/aromatic N) is 1. The molecule has 0 fully saturated rings. The minimum absolute atomic E-state index is 0.0893. The molecule has 0 bridgehead atoms. The molecule has 7 heteroatoms. The molecule has 160 valence electrons. The van der Waals surface area contributed by atoms with Crippen molar-refractivity contribution in [2.75, 3.05) is 0 Å². The number of carbonyl (C=O) groups excluding carboxylic acids is 1. The first-order valence-corrected chi connectivity index (χ1v) is 10.8. The average Bonchev–Trinajstić information content (AvgIpc) is 3.04. The zero-order chi connectivity index (χ0) is 22.7. The van der Waals surface area contributed by atoms with Crippen LogP contribution in [0.1, 0.15) is 21.5 Å². The molecule has 0 atom stereocenters. The van der Waals surface area contributed by atoms with E-state index in [1.807, 2.05) is 0 Å². The van der Waals surface area contributed by atoms with E-state index in [9.17, 15) is 18.4 Å². The topological polar surface area (TPSA) is 39.1 Å². The van der Waals surface area contributed by atoms with E-state index < -0.39 is 5.82 Å². The predicted molar refractivity (Wildman–Crippen MR) is 124 cm³/mol. The highest BCUT2D eigenvalue weighted by atomic mass is 35.5. The molecule has 0 radical (unpaired) electrons. The minimum Gasteiger partial charge on any atom is -0.294 e. The van der Waals surface area contributed by atoms with E-state index in [1.54, 1.807) is 54.6 Å². The van der Waals surface area contributed by atoms with Crippen molar-refractivity contribution < 1.29 is 13.6 Å². The van der Waals surface area contributed by atoms with Crippen LogP contribution in [0.3, 0.4) is 0 Å². The number of thiazole rings is 1. The molecular formula is C25H16ClF2NO2S. The Morgan fingerprint density at radius 3 is 2.44 bits per heavy atom. The highest BCUT2D eigenvalue weighted by molar-refractivity contribution is 7.07. The third-order valence-corrected chi connectivity index (χ3v) is 6.12. The van der Waals surface area contributed by atoms with Crippen LogP contribution in [0.15, 0.2) is 77.6 Å². The summed E-state index contributed by atoms with van der Waals surface area (Å²) in [7, 11) is 0. The first-order chi connectivity index (χ1) is 15.4. The van der Waals surface area contributed by atoms with Crippen LogP contribution in [-0.2, 0) is 6.54 Å². The molecule has 3 nitrogen and oxygen atoms in total. The fraction of sp³-hybridized carbons (Fsp3) is 0.0400. The summed E-state index contributed by atoms with van der Waals surface area (Å²) in [4.78, 5) is 26.0. The quantitative estimate of drug-likeness (QED) is 0.409. The first kappa shape index (κ1) is 21.9. The molecule has 0 aliphatic carbocycles. The largest absolute Gasteiger partial charge is 0.294 e. The summed E-state index contributed by atoms with van der Waals surface area (Å²) in [5.74, 6) is -1.14. The van der Waals surface area contributed by atoms with Crippen molar-refractivity contribution >= 4 is 40.9 Å². The van der Waals surface area contributed by atoms with Crippen LogP contribution < -0.4 is 14.8 Å². The lowest BCUT2D eigenvalue weighted by Gasteiger charge is -2.03. The monoisotopic (exact) mass is 467 g/mol. The number of ketones is 1. The molecule has 0 saturated carbocycles. The molecule has 0 spiro atoms. The predicted octanol–water partition coefficient (Wildman–Crippen LogP) is 4.38. The van der Waals surface area contributed by atoms with E-state index in [0.717, 1.165) is 11.3 Å². The number of aromatic nitrogens is 1. The molecule has 3 aromatic carbocycles. The summed E-state index contributed by atoms with van der Waals surface area (Å²) in [6.45, 7) is 0.0893. The van der Waals surface area contributed by atoms with Crippen LogP contribution in [0.4, 0.5) is 8.78 Å². The van der Waals surface area contributed by atoms with Crippen molar-refractivity contribution in [3.63, 3.8) is 0 Å². The van der Waals surface area contributed by atoms with E-state index in [4.69, 9.17) is 11.6 Å². The second kappa shape index (κ2) is 9.42. The maximum absolute atomic E-state index is 13.7. The highest BCUT2D eigenvalue weighted by Gasteiger charge is 2.11. The van der Waals surface area contributed by atoms with Gasteiger partial charge in [0.15, 0.2) is 5.78 Å². The van der Waals surface area contributed by atoms with Crippen LogP contribution in [-0.4, -0.2) is 10.4 Å². The number of halogens is 3. The zero-order valence-electron chi connectivity index (χ0n) is 16.6. The van der Waals surface area contributed by atoms with Gasteiger partial charge in [0.25, 0.3) is 5.56 Å². The number of benzene rings is 3. The molecule has 0 aliphatic rings. The Bertz CT molecular complexity index is 1470. The molecule has 0 amide bonds. The van der Waals surface area contributed by atoms with E-state index in [0.29, 0.717) is 30.9 Å². The molecule has 0 aliphatic heterocycles. The third kappa shape index (κ3) is 4.93. The van der Waals surface area contributed by atoms with Gasteiger partial charge < -0.3 is 0 Å². The summed E-state index contributed by atoms with van der Waals surface area (Å²) in [6, 6.07) is 18.3. The van der Waals surface area contributed by atoms with Gasteiger partial charge in [-0.25, -0.2) is 8.78 Å². The van der Waals surface area contributed by atoms with Gasteiger partial charge in [-0.05, 0) is 53.6 Å². The van der Waals surface area contributed by atoms with Crippen LogP contribution in [0.2, 0.25) is 5.02 Å². The van der Waals surface area contributed by atoms with Gasteiger partial charge in [0, 0.05) is 11.6 Å². The average molecular weight is 468 g/mol. The molecule has 0 saturated heterocycles. The molecule has 32 heavy (non-hydrogen) atoms. The number of carbonyl (C=O) groups is 1. The molecule has 0 N–H and O–H groups in total. The maximum Gasteiger partial charge on any atom is 0.269 e. The summed E-state index contributed by atoms with van der Waals surface area (Å²) in [6.07, 6.45) is 2.99. The lowest BCUT2D eigenvalue weighted by Crippen LogP contribution is -2.32. The Hall–Kier alpha value is -3.35. The fourth-order valence-electron chi connectivity index (χ4n) is 3.17. The molecule has 4 aromatic rings. The summed E-state index contributed by atoms with van der Waals surface area (Å²) in [5.41, 5.74) is 1.21. The molecule has 0 unspecified atom stereocenters. The molecule has 1 aromatic heterocycles. The summed E-state index contributed by atoms with van der Waals surface area (Å²) >= 11 is 7.27. The number of hydrogen-bond acceptors (Lipinski definition) is 3. The Morgan fingerprint density at radius 1 is 0.969 bits per heavy atom. The van der Waals surface area contributed by atoms with E-state index >= 15 is 0 Å². The number of Topliss-reactive ketones (excluding diaryl/α,β-unsaturated/α-hetero) is 1. The minimum atomic E-state index is -0.415. The van der Waals surface area contributed by atoms with E-state index in [2.05, 4.69) is 0 Å². The standard InChI is InChI=1S/C25H16ClF2NO2S/c26-21-7-2-1-6-20(21)22(30)14-24-29(15-17-4-3-5-19(28)12-17)25(31)23(32-24)13-16-8-10-18(27)11-9-16/h1-14H,15H2/b23-13-,24-14-. The Kier molecular flexibility index (Phi) is 6.44. The SMILES string of the molecule is O=C(/C=c1\s/c(=C\c2ccc(F)cc2)c(=O)n1Cc1cccc(F)c1)c1ccccc1Cl. The van der Waals surface area contributed by atoms with Gasteiger partial charge in [-0.3, -0.25) is 14.2 Å². The van der Waals surface area contributed by atoms with E-state index in [1.165, 1.54) is 34.9 Å². The fourth-order valence-corrected chi connectivity index (χ4v) is 4.44. The van der Waals surface area contributed by atoms with Crippen molar-refractivity contribution in [3.8, 4) is 0 Å². The van der Waals surface area contributed by atoms with Gasteiger partial charge in [0.1, 0.15) is 16.3 Å². The van der Waals surface area contributed by atoms with Gasteiger partial charge >= 0.3 is 0 Å². The van der Waals surface area contributed by atoms with E-state index in [-0.39, 0.29) is 23.7 Å². The Morgan fingerprint density at radius 2 is 1.72 bits per heavy atom. The van der Waals surface area contributed by atoms with Crippen LogP contribution in [0.25, 0.3) is 12.2 Å². The second-order valence-corrected chi connectivity index (χ2v) is 8.48. The third-order valence-electron chi connectivity index (χ3n) is 4.73. The van der Waals surface area contributed by atoms with Crippen molar-refractivity contribution in [2.45, 2.75) is 6.54 Å². The molecule has 4 rings (SSSR count). The normalized spacial score (nSPS) is 12.3. The van der Waals surface area contributed by atoms with Crippen LogP contribution in [0, 0.1) is 11.6 Å². The second-order valence-electron chi connectivity index (χ2n) is 7.01. The Labute approximate surface area is 191 Å². The molecule has 1 heterocycles. The van der Waals surface area contributed by atoms with Gasteiger partial charge in [-0.1, -0.05) is 48.0 Å². The summed E-state index contributed by atoms with van der Waals surface area (Å²) in [5, 5.41) is 0.308. The first-order valence-electron chi connectivity index (χ1n) is 9.63. The van der Waals surface area contributed by atoms with Crippen molar-refractivity contribution in [1.29, 1.82) is 0 Å². The highest BCUT2D eigenvalue weighted by Crippen LogP contribution is 2.16. The van der Waals surface area contributed by atoms with Gasteiger partial charge in [-0.15, -0.1) is 11.3 Å². The van der Waals surface area contributed by atoms with Crippen molar-refractivity contribution in [3.05, 3.63) is 126 Å². The smallest absolute Gasteiger partial charge is 0.269 e. The zero-order valence-corrected chi connectivity index (χ0v) is 18.2. The number of rotatable bonds is 5. The van der Waals surface area contributed by atoms with Crippen LogP contribution in [0.5, 0.6) is 0 Å². The summed E-state index contributed by atoms with van der Waals surface area (Å²) < 4.78 is 29.1. The van der Waals surface area contributed by atoms with Crippen LogP contribution >= 0.6 is 22.9 Å². The number of hydrogen-bond donors (Lipinski definition) is 0. The lowest BCUT2D eigenvalue weighted by molar-refractivity contribution is 0.106. The van der Waals surface area contributed by atoms with Gasteiger partial charge in [-0.2, -0.15) is 0 Å². The maximum atomic E-state index is 13.7. The van der Waals surface area contributed by atoms with Crippen molar-refractivity contribution in [1.82, 2.24) is 4.57 Å².